The van der Waals surface area contributed by atoms with Crippen molar-refractivity contribution in [2.24, 2.45) is 11.8 Å². The minimum Gasteiger partial charge on any atom is -0.481 e. The van der Waals surface area contributed by atoms with E-state index in [9.17, 15) is 9.59 Å². The summed E-state index contributed by atoms with van der Waals surface area (Å²) in [5, 5.41) is 11.9. The number of urea groups is 1. The first-order valence-corrected chi connectivity index (χ1v) is 7.09. The Bertz CT molecular complexity index is 539. The predicted octanol–water partition coefficient (Wildman–Crippen LogP) is 2.27. The SMILES string of the molecule is Cc1cc(C)nc(NC(=O)N2CC(C)CC(C(=O)O)C2)c1. The van der Waals surface area contributed by atoms with Crippen molar-refractivity contribution < 1.29 is 14.7 Å². The number of hydrogen-bond donors (Lipinski definition) is 2. The Morgan fingerprint density at radius 3 is 2.67 bits per heavy atom. The van der Waals surface area contributed by atoms with Gasteiger partial charge in [-0.05, 0) is 43.9 Å². The molecule has 114 valence electrons. The number of carbonyl (C=O) groups is 2. The maximum atomic E-state index is 12.3. The topological polar surface area (TPSA) is 82.5 Å². The first kappa shape index (κ1) is 15.3. The van der Waals surface area contributed by atoms with E-state index in [2.05, 4.69) is 10.3 Å². The van der Waals surface area contributed by atoms with E-state index in [1.165, 1.54) is 0 Å². The standard InChI is InChI=1S/C15H21N3O3/c1-9-4-11(3)16-13(6-9)17-15(21)18-7-10(2)5-12(8-18)14(19)20/h4,6,10,12H,5,7-8H2,1-3H3,(H,19,20)(H,16,17,21). The van der Waals surface area contributed by atoms with Gasteiger partial charge in [0.25, 0.3) is 0 Å². The van der Waals surface area contributed by atoms with Gasteiger partial charge in [0, 0.05) is 18.8 Å². The lowest BCUT2D eigenvalue weighted by molar-refractivity contribution is -0.143. The van der Waals surface area contributed by atoms with Crippen molar-refractivity contribution in [1.29, 1.82) is 0 Å². The van der Waals surface area contributed by atoms with Crippen LogP contribution in [0.3, 0.4) is 0 Å². The predicted molar refractivity (Wildman–Crippen MR) is 79.2 cm³/mol. The Labute approximate surface area is 124 Å². The molecule has 0 aliphatic carbocycles. The maximum Gasteiger partial charge on any atom is 0.323 e. The lowest BCUT2D eigenvalue weighted by Gasteiger charge is -2.34. The number of carbonyl (C=O) groups excluding carboxylic acids is 1. The number of anilines is 1. The third kappa shape index (κ3) is 3.93. The van der Waals surface area contributed by atoms with Crippen LogP contribution in [-0.4, -0.2) is 40.1 Å². The molecule has 0 spiro atoms. The van der Waals surface area contributed by atoms with Crippen molar-refractivity contribution in [3.8, 4) is 0 Å². The number of amides is 2. The number of piperidine rings is 1. The van der Waals surface area contributed by atoms with Crippen molar-refractivity contribution in [2.75, 3.05) is 18.4 Å². The minimum atomic E-state index is -0.844. The molecule has 2 N–H and O–H groups in total. The Hall–Kier alpha value is -2.11. The highest BCUT2D eigenvalue weighted by Gasteiger charge is 2.31. The zero-order valence-electron chi connectivity index (χ0n) is 12.6. The molecule has 2 amide bonds. The van der Waals surface area contributed by atoms with Crippen LogP contribution in [0.2, 0.25) is 0 Å². The zero-order valence-corrected chi connectivity index (χ0v) is 12.6. The van der Waals surface area contributed by atoms with Crippen molar-refractivity contribution in [3.63, 3.8) is 0 Å². The Kier molecular flexibility index (Phi) is 4.45. The smallest absolute Gasteiger partial charge is 0.323 e. The molecular formula is C15H21N3O3. The monoisotopic (exact) mass is 291 g/mol. The molecule has 1 aromatic heterocycles. The van der Waals surface area contributed by atoms with Gasteiger partial charge in [-0.25, -0.2) is 9.78 Å². The van der Waals surface area contributed by atoms with Crippen LogP contribution >= 0.6 is 0 Å². The van der Waals surface area contributed by atoms with Crippen molar-refractivity contribution in [2.45, 2.75) is 27.2 Å². The highest BCUT2D eigenvalue weighted by molar-refractivity contribution is 5.89. The number of likely N-dealkylation sites (tertiary alicyclic amines) is 1. The summed E-state index contributed by atoms with van der Waals surface area (Å²) in [5.41, 5.74) is 1.86. The summed E-state index contributed by atoms with van der Waals surface area (Å²) >= 11 is 0. The molecule has 1 saturated heterocycles. The second kappa shape index (κ2) is 6.11. The molecule has 0 bridgehead atoms. The van der Waals surface area contributed by atoms with E-state index in [1.54, 1.807) is 11.0 Å². The fraction of sp³-hybridized carbons (Fsp3) is 0.533. The summed E-state index contributed by atoms with van der Waals surface area (Å²) in [6.45, 7) is 6.58. The molecule has 0 radical (unpaired) electrons. The van der Waals surface area contributed by atoms with Gasteiger partial charge >= 0.3 is 12.0 Å². The van der Waals surface area contributed by atoms with Crippen LogP contribution in [0.5, 0.6) is 0 Å². The van der Waals surface area contributed by atoms with Gasteiger partial charge in [-0.3, -0.25) is 10.1 Å². The van der Waals surface area contributed by atoms with Crippen LogP contribution < -0.4 is 5.32 Å². The average molecular weight is 291 g/mol. The highest BCUT2D eigenvalue weighted by Crippen LogP contribution is 2.22. The highest BCUT2D eigenvalue weighted by atomic mass is 16.4. The molecule has 2 atom stereocenters. The number of aliphatic carboxylic acids is 1. The molecule has 1 aromatic rings. The average Bonchev–Trinajstić information content (AvgIpc) is 2.36. The van der Waals surface area contributed by atoms with E-state index in [0.29, 0.717) is 18.8 Å². The molecule has 2 heterocycles. The summed E-state index contributed by atoms with van der Waals surface area (Å²) in [6, 6.07) is 3.44. The zero-order chi connectivity index (χ0) is 15.6. The summed E-state index contributed by atoms with van der Waals surface area (Å²) in [5.74, 6) is -0.656. The molecular weight excluding hydrogens is 270 g/mol. The Morgan fingerprint density at radius 2 is 2.05 bits per heavy atom. The number of carboxylic acids is 1. The van der Waals surface area contributed by atoms with E-state index >= 15 is 0 Å². The first-order valence-electron chi connectivity index (χ1n) is 7.09. The molecule has 2 rings (SSSR count). The molecule has 2 unspecified atom stereocenters. The maximum absolute atomic E-state index is 12.3. The normalized spacial score (nSPS) is 22.0. The van der Waals surface area contributed by atoms with Crippen LogP contribution in [0.1, 0.15) is 24.6 Å². The van der Waals surface area contributed by atoms with Gasteiger partial charge in [-0.1, -0.05) is 6.92 Å². The summed E-state index contributed by atoms with van der Waals surface area (Å²) in [4.78, 5) is 29.3. The third-order valence-corrected chi connectivity index (χ3v) is 3.63. The van der Waals surface area contributed by atoms with E-state index in [1.807, 2.05) is 26.8 Å². The number of carboxylic acid groups (broad SMARTS) is 1. The van der Waals surface area contributed by atoms with Crippen LogP contribution in [-0.2, 0) is 4.79 Å². The third-order valence-electron chi connectivity index (χ3n) is 3.63. The number of aromatic nitrogens is 1. The fourth-order valence-electron chi connectivity index (χ4n) is 2.79. The van der Waals surface area contributed by atoms with Gasteiger partial charge in [-0.15, -0.1) is 0 Å². The van der Waals surface area contributed by atoms with E-state index in [4.69, 9.17) is 5.11 Å². The molecule has 1 aliphatic rings. The van der Waals surface area contributed by atoms with E-state index in [0.717, 1.165) is 11.3 Å². The van der Waals surface area contributed by atoms with E-state index < -0.39 is 11.9 Å². The Balaban J connectivity index is 2.06. The quantitative estimate of drug-likeness (QED) is 0.875. The Morgan fingerprint density at radius 1 is 1.33 bits per heavy atom. The first-order chi connectivity index (χ1) is 9.85. The molecule has 6 heteroatoms. The second-order valence-corrected chi connectivity index (χ2v) is 5.88. The van der Waals surface area contributed by atoms with Crippen molar-refractivity contribution in [3.05, 3.63) is 23.4 Å². The molecule has 21 heavy (non-hydrogen) atoms. The van der Waals surface area contributed by atoms with E-state index in [-0.39, 0.29) is 18.5 Å². The van der Waals surface area contributed by atoms with Gasteiger partial charge < -0.3 is 10.0 Å². The van der Waals surface area contributed by atoms with Crippen molar-refractivity contribution in [1.82, 2.24) is 9.88 Å². The van der Waals surface area contributed by atoms with Crippen LogP contribution in [0.4, 0.5) is 10.6 Å². The molecule has 1 aliphatic heterocycles. The lowest BCUT2D eigenvalue weighted by Crippen LogP contribution is -2.47. The fourth-order valence-corrected chi connectivity index (χ4v) is 2.79. The van der Waals surface area contributed by atoms with Crippen LogP contribution in [0.25, 0.3) is 0 Å². The van der Waals surface area contributed by atoms with Gasteiger partial charge in [0.2, 0.25) is 0 Å². The number of nitrogens with zero attached hydrogens (tertiary/aromatic N) is 2. The summed E-state index contributed by atoms with van der Waals surface area (Å²) < 4.78 is 0. The van der Waals surface area contributed by atoms with Crippen LogP contribution in [0.15, 0.2) is 12.1 Å². The lowest BCUT2D eigenvalue weighted by atomic mass is 9.91. The number of rotatable bonds is 2. The largest absolute Gasteiger partial charge is 0.481 e. The molecule has 0 aromatic carbocycles. The molecule has 0 saturated carbocycles. The number of hydrogen-bond acceptors (Lipinski definition) is 3. The van der Waals surface area contributed by atoms with Gasteiger partial charge in [0.15, 0.2) is 0 Å². The van der Waals surface area contributed by atoms with Gasteiger partial charge in [-0.2, -0.15) is 0 Å². The second-order valence-electron chi connectivity index (χ2n) is 5.88. The van der Waals surface area contributed by atoms with Crippen molar-refractivity contribution >= 4 is 17.8 Å². The molecule has 6 nitrogen and oxygen atoms in total. The van der Waals surface area contributed by atoms with Gasteiger partial charge in [0.1, 0.15) is 5.82 Å². The van der Waals surface area contributed by atoms with Gasteiger partial charge in [0.05, 0.1) is 5.92 Å². The summed E-state index contributed by atoms with van der Waals surface area (Å²) in [7, 11) is 0. The number of pyridine rings is 1. The molecule has 1 fully saturated rings. The number of aryl methyl sites for hydroxylation is 2. The minimum absolute atomic E-state index is 0.179. The summed E-state index contributed by atoms with van der Waals surface area (Å²) in [6.07, 6.45) is 0.612. The number of nitrogens with one attached hydrogen (secondary N) is 1. The van der Waals surface area contributed by atoms with Crippen LogP contribution in [0, 0.1) is 25.7 Å².